The summed E-state index contributed by atoms with van der Waals surface area (Å²) in [6, 6.07) is 4.63. The normalized spacial score (nSPS) is 23.8. The third kappa shape index (κ3) is 2.16. The molecule has 1 aromatic rings. The van der Waals surface area contributed by atoms with Gasteiger partial charge in [0.15, 0.2) is 0 Å². The Bertz CT molecular complexity index is 954. The van der Waals surface area contributed by atoms with Gasteiger partial charge < -0.3 is 4.74 Å². The minimum Gasteiger partial charge on any atom is -0.473 e. The van der Waals surface area contributed by atoms with Gasteiger partial charge in [-0.1, -0.05) is 48.6 Å². The summed E-state index contributed by atoms with van der Waals surface area (Å²) in [5.74, 6) is 0.776. The van der Waals surface area contributed by atoms with Crippen LogP contribution in [0.2, 0.25) is 0 Å². The highest BCUT2D eigenvalue weighted by Crippen LogP contribution is 2.37. The second kappa shape index (κ2) is 5.52. The van der Waals surface area contributed by atoms with Crippen LogP contribution in [0.5, 0.6) is 0 Å². The first-order valence-electron chi connectivity index (χ1n) is 8.82. The number of ether oxygens (including phenoxy) is 1. The topological polar surface area (TPSA) is 9.23 Å². The van der Waals surface area contributed by atoms with Crippen LogP contribution in [-0.4, -0.2) is 0 Å². The number of benzene rings is 1. The Hall–Kier alpha value is -2.54. The average Bonchev–Trinajstić information content (AvgIpc) is 2.67. The molecule has 118 valence electrons. The van der Waals surface area contributed by atoms with Crippen molar-refractivity contribution in [3.05, 3.63) is 88.3 Å². The van der Waals surface area contributed by atoms with E-state index in [4.69, 9.17) is 4.74 Å². The first kappa shape index (κ1) is 13.9. The van der Waals surface area contributed by atoms with E-state index in [0.29, 0.717) is 11.8 Å². The van der Waals surface area contributed by atoms with Crippen LogP contribution in [0.15, 0.2) is 66.7 Å². The van der Waals surface area contributed by atoms with Gasteiger partial charge in [-0.3, -0.25) is 0 Å². The van der Waals surface area contributed by atoms with Crippen molar-refractivity contribution in [2.45, 2.75) is 19.3 Å². The van der Waals surface area contributed by atoms with Crippen LogP contribution in [0.1, 0.15) is 24.0 Å². The van der Waals surface area contributed by atoms with Gasteiger partial charge in [-0.15, -0.1) is 0 Å². The van der Waals surface area contributed by atoms with Gasteiger partial charge in [-0.05, 0) is 64.1 Å². The van der Waals surface area contributed by atoms with E-state index in [1.165, 1.54) is 45.6 Å². The van der Waals surface area contributed by atoms with Crippen molar-refractivity contribution >= 4 is 17.7 Å². The molecule has 0 bridgehead atoms. The molecule has 1 nitrogen and oxygen atoms in total. The van der Waals surface area contributed by atoms with Crippen molar-refractivity contribution in [1.82, 2.24) is 0 Å². The van der Waals surface area contributed by atoms with E-state index in [2.05, 4.69) is 60.7 Å². The van der Waals surface area contributed by atoms with Crippen LogP contribution in [0.4, 0.5) is 0 Å². The summed E-state index contributed by atoms with van der Waals surface area (Å²) < 4.78 is 5.19. The van der Waals surface area contributed by atoms with Crippen LogP contribution in [0.25, 0.3) is 17.7 Å². The number of rotatable bonds is 1. The highest BCUT2D eigenvalue weighted by molar-refractivity contribution is 5.87. The largest absolute Gasteiger partial charge is 0.473 e. The highest BCUT2D eigenvalue weighted by atomic mass is 16.5. The van der Waals surface area contributed by atoms with Crippen molar-refractivity contribution in [2.24, 2.45) is 11.8 Å². The molecule has 1 aliphatic heterocycles. The Morgan fingerprint density at radius 2 is 1.75 bits per heavy atom. The van der Waals surface area contributed by atoms with Gasteiger partial charge in [-0.25, -0.2) is 0 Å². The molecular weight excluding hydrogens is 292 g/mol. The van der Waals surface area contributed by atoms with E-state index in [1.807, 2.05) is 0 Å². The quantitative estimate of drug-likeness (QED) is 0.767. The van der Waals surface area contributed by atoms with Crippen LogP contribution in [0, 0.1) is 11.8 Å². The number of allylic oxidation sites excluding steroid dienone is 8. The van der Waals surface area contributed by atoms with Crippen molar-refractivity contribution in [3.63, 3.8) is 0 Å². The summed E-state index contributed by atoms with van der Waals surface area (Å²) >= 11 is 0. The maximum absolute atomic E-state index is 5.19. The Labute approximate surface area is 142 Å². The lowest BCUT2D eigenvalue weighted by Gasteiger charge is -2.27. The predicted octanol–water partition coefficient (Wildman–Crippen LogP) is 3.77. The third-order valence-corrected chi connectivity index (χ3v) is 5.46. The molecule has 1 heteroatoms. The number of hydrogen-bond acceptors (Lipinski definition) is 1. The van der Waals surface area contributed by atoms with Gasteiger partial charge in [-0.2, -0.15) is 0 Å². The van der Waals surface area contributed by atoms with Crippen LogP contribution in [0.3, 0.4) is 0 Å². The van der Waals surface area contributed by atoms with E-state index in [-0.39, 0.29) is 0 Å². The van der Waals surface area contributed by atoms with Gasteiger partial charge in [0.05, 0.1) is 12.5 Å². The summed E-state index contributed by atoms with van der Waals surface area (Å²) in [6.07, 6.45) is 25.5. The third-order valence-electron chi connectivity index (χ3n) is 5.46. The molecule has 1 atom stereocenters. The number of hydrogen-bond donors (Lipinski definition) is 0. The Balaban J connectivity index is 1.63. The van der Waals surface area contributed by atoms with Gasteiger partial charge in [0.2, 0.25) is 0 Å². The molecule has 0 unspecified atom stereocenters. The molecule has 0 fully saturated rings. The van der Waals surface area contributed by atoms with E-state index < -0.39 is 0 Å². The SMILES string of the molecule is C1=CC([C@H]2C=CC3=CCc4c(ccc5c4=CCCC=5)C3=C2)C=CO1. The van der Waals surface area contributed by atoms with Gasteiger partial charge in [0, 0.05) is 11.8 Å². The molecular formula is C23H20O. The second-order valence-corrected chi connectivity index (χ2v) is 6.83. The zero-order valence-electron chi connectivity index (χ0n) is 13.6. The number of fused-ring (bicyclic) bond motifs is 5. The van der Waals surface area contributed by atoms with E-state index in [9.17, 15) is 0 Å². The molecule has 0 spiro atoms. The monoisotopic (exact) mass is 312 g/mol. The first-order valence-corrected chi connectivity index (χ1v) is 8.82. The average molecular weight is 312 g/mol. The molecule has 0 aromatic heterocycles. The summed E-state index contributed by atoms with van der Waals surface area (Å²) in [7, 11) is 0. The van der Waals surface area contributed by atoms with Gasteiger partial charge >= 0.3 is 0 Å². The Morgan fingerprint density at radius 1 is 0.875 bits per heavy atom. The van der Waals surface area contributed by atoms with Crippen LogP contribution in [-0.2, 0) is 11.2 Å². The Kier molecular flexibility index (Phi) is 3.19. The molecule has 1 heterocycles. The van der Waals surface area contributed by atoms with Crippen molar-refractivity contribution in [2.75, 3.05) is 0 Å². The second-order valence-electron chi connectivity index (χ2n) is 6.83. The van der Waals surface area contributed by atoms with Gasteiger partial charge in [0.1, 0.15) is 0 Å². The summed E-state index contributed by atoms with van der Waals surface area (Å²) in [5.41, 5.74) is 5.70. The fraction of sp³-hybridized carbons (Fsp3) is 0.217. The van der Waals surface area contributed by atoms with Crippen LogP contribution < -0.4 is 10.4 Å². The lowest BCUT2D eigenvalue weighted by atomic mass is 9.77. The minimum atomic E-state index is 0.381. The summed E-state index contributed by atoms with van der Waals surface area (Å²) in [6.45, 7) is 0. The molecule has 0 saturated heterocycles. The maximum atomic E-state index is 5.19. The minimum absolute atomic E-state index is 0.381. The molecule has 1 aromatic carbocycles. The molecule has 24 heavy (non-hydrogen) atoms. The summed E-state index contributed by atoms with van der Waals surface area (Å²) in [4.78, 5) is 0. The van der Waals surface area contributed by atoms with E-state index in [0.717, 1.165) is 6.42 Å². The first-order chi connectivity index (χ1) is 11.9. The van der Waals surface area contributed by atoms with Crippen molar-refractivity contribution in [1.29, 1.82) is 0 Å². The fourth-order valence-corrected chi connectivity index (χ4v) is 4.20. The standard InChI is InChI=1S/C23H20O/c1-2-4-20-17(3-1)7-10-22-21(20)9-8-18-5-6-19(15-23(18)22)16-11-13-24-14-12-16/h3-8,10-16,19H,1-2,9H2/t19-/m0/s1. The Morgan fingerprint density at radius 3 is 2.67 bits per heavy atom. The molecule has 5 rings (SSSR count). The molecule has 0 amide bonds. The van der Waals surface area contributed by atoms with E-state index in [1.54, 1.807) is 12.5 Å². The fourth-order valence-electron chi connectivity index (χ4n) is 4.20. The highest BCUT2D eigenvalue weighted by Gasteiger charge is 2.23. The molecule has 0 saturated carbocycles. The van der Waals surface area contributed by atoms with Crippen LogP contribution >= 0.6 is 0 Å². The molecule has 3 aliphatic carbocycles. The smallest absolute Gasteiger partial charge is 0.0867 e. The predicted molar refractivity (Wildman–Crippen MR) is 99.1 cm³/mol. The lowest BCUT2D eigenvalue weighted by Crippen LogP contribution is -2.32. The maximum Gasteiger partial charge on any atom is 0.0867 e. The molecule has 0 radical (unpaired) electrons. The zero-order valence-corrected chi connectivity index (χ0v) is 13.6. The van der Waals surface area contributed by atoms with Crippen molar-refractivity contribution < 1.29 is 4.74 Å². The van der Waals surface area contributed by atoms with Gasteiger partial charge in [0.25, 0.3) is 0 Å². The summed E-state index contributed by atoms with van der Waals surface area (Å²) in [5, 5.41) is 2.88. The molecule has 0 N–H and O–H groups in total. The van der Waals surface area contributed by atoms with E-state index >= 15 is 0 Å². The van der Waals surface area contributed by atoms with Crippen molar-refractivity contribution in [3.8, 4) is 0 Å². The zero-order chi connectivity index (χ0) is 15.9. The lowest BCUT2D eigenvalue weighted by molar-refractivity contribution is 0.378. The molecule has 4 aliphatic rings.